The lowest BCUT2D eigenvalue weighted by atomic mass is 10.1. The molecule has 122 valence electrons. The van der Waals surface area contributed by atoms with Crippen LogP contribution in [0, 0.1) is 11.3 Å². The van der Waals surface area contributed by atoms with E-state index < -0.39 is 5.91 Å². The van der Waals surface area contributed by atoms with E-state index in [-0.39, 0.29) is 5.57 Å². The number of rotatable bonds is 7. The van der Waals surface area contributed by atoms with E-state index in [0.717, 1.165) is 12.1 Å². The van der Waals surface area contributed by atoms with Gasteiger partial charge in [0.25, 0.3) is 5.91 Å². The average molecular weight is 319 g/mol. The molecule has 0 aliphatic heterocycles. The number of hydrogen-bond donors (Lipinski definition) is 2. The second kappa shape index (κ2) is 9.16. The van der Waals surface area contributed by atoms with Crippen LogP contribution in [-0.2, 0) is 11.2 Å². The molecule has 0 atom stereocenters. The molecule has 0 radical (unpaired) electrons. The van der Waals surface area contributed by atoms with E-state index in [1.807, 2.05) is 36.4 Å². The molecule has 0 heterocycles. The average Bonchev–Trinajstić information content (AvgIpc) is 2.62. The van der Waals surface area contributed by atoms with E-state index in [9.17, 15) is 10.1 Å². The molecule has 0 saturated carbocycles. The van der Waals surface area contributed by atoms with Crippen molar-refractivity contribution in [2.24, 2.45) is 0 Å². The van der Waals surface area contributed by atoms with Crippen LogP contribution < -0.4 is 10.6 Å². The number of benzene rings is 2. The Morgan fingerprint density at radius 2 is 1.79 bits per heavy atom. The first-order valence-electron chi connectivity index (χ1n) is 8.05. The predicted molar refractivity (Wildman–Crippen MR) is 97.4 cm³/mol. The standard InChI is InChI=1S/C20H21N3O/c1-2-3-7-16-10-12-18(13-11-16)22-15-17(14-21)20(24)23-19-8-5-4-6-9-19/h4-6,8-13,15,22H,2-3,7H2,1H3,(H,23,24). The normalized spacial score (nSPS) is 10.8. The summed E-state index contributed by atoms with van der Waals surface area (Å²) in [5, 5.41) is 14.9. The second-order valence-corrected chi connectivity index (χ2v) is 5.43. The molecular formula is C20H21N3O. The number of para-hydroxylation sites is 1. The molecule has 2 aromatic carbocycles. The number of unbranched alkanes of at least 4 members (excludes halogenated alkanes) is 1. The molecule has 0 unspecified atom stereocenters. The van der Waals surface area contributed by atoms with Crippen molar-refractivity contribution < 1.29 is 4.79 Å². The summed E-state index contributed by atoms with van der Waals surface area (Å²) in [7, 11) is 0. The number of nitriles is 1. The topological polar surface area (TPSA) is 64.9 Å². The molecule has 4 nitrogen and oxygen atoms in total. The third kappa shape index (κ3) is 5.29. The van der Waals surface area contributed by atoms with E-state index in [4.69, 9.17) is 0 Å². The lowest BCUT2D eigenvalue weighted by molar-refractivity contribution is -0.112. The summed E-state index contributed by atoms with van der Waals surface area (Å²) >= 11 is 0. The Morgan fingerprint density at radius 3 is 2.42 bits per heavy atom. The molecule has 0 bridgehead atoms. The monoisotopic (exact) mass is 319 g/mol. The molecule has 0 spiro atoms. The van der Waals surface area contributed by atoms with Gasteiger partial charge in [-0.25, -0.2) is 0 Å². The van der Waals surface area contributed by atoms with Gasteiger partial charge >= 0.3 is 0 Å². The third-order valence-electron chi connectivity index (χ3n) is 3.55. The SMILES string of the molecule is CCCCc1ccc(NC=C(C#N)C(=O)Nc2ccccc2)cc1. The van der Waals surface area contributed by atoms with E-state index >= 15 is 0 Å². The summed E-state index contributed by atoms with van der Waals surface area (Å²) in [6, 6.07) is 19.0. The number of carbonyl (C=O) groups is 1. The van der Waals surface area contributed by atoms with Gasteiger partial charge in [0, 0.05) is 17.6 Å². The van der Waals surface area contributed by atoms with Crippen LogP contribution in [0.15, 0.2) is 66.4 Å². The second-order valence-electron chi connectivity index (χ2n) is 5.43. The molecule has 4 heteroatoms. The molecule has 0 aromatic heterocycles. The van der Waals surface area contributed by atoms with Crippen LogP contribution in [0.5, 0.6) is 0 Å². The zero-order chi connectivity index (χ0) is 17.2. The molecule has 2 N–H and O–H groups in total. The lowest BCUT2D eigenvalue weighted by Crippen LogP contribution is -2.14. The van der Waals surface area contributed by atoms with Crippen molar-refractivity contribution in [1.29, 1.82) is 5.26 Å². The fourth-order valence-electron chi connectivity index (χ4n) is 2.17. The number of anilines is 2. The van der Waals surface area contributed by atoms with Crippen LogP contribution in [0.2, 0.25) is 0 Å². The Bertz CT molecular complexity index is 728. The number of nitrogens with one attached hydrogen (secondary N) is 2. The van der Waals surface area contributed by atoms with Crippen molar-refractivity contribution in [3.63, 3.8) is 0 Å². The van der Waals surface area contributed by atoms with Gasteiger partial charge in [0.2, 0.25) is 0 Å². The molecule has 0 fully saturated rings. The van der Waals surface area contributed by atoms with Crippen molar-refractivity contribution in [1.82, 2.24) is 0 Å². The summed E-state index contributed by atoms with van der Waals surface area (Å²) in [5.41, 5.74) is 2.81. The van der Waals surface area contributed by atoms with Gasteiger partial charge in [0.05, 0.1) is 0 Å². The predicted octanol–water partition coefficient (Wildman–Crippen LogP) is 4.49. The smallest absolute Gasteiger partial charge is 0.267 e. The van der Waals surface area contributed by atoms with Gasteiger partial charge in [-0.05, 0) is 42.7 Å². The molecule has 0 saturated heterocycles. The van der Waals surface area contributed by atoms with Crippen molar-refractivity contribution in [2.45, 2.75) is 26.2 Å². The summed E-state index contributed by atoms with van der Waals surface area (Å²) in [4.78, 5) is 12.1. The molecule has 24 heavy (non-hydrogen) atoms. The first-order chi connectivity index (χ1) is 11.7. The Morgan fingerprint density at radius 1 is 1.08 bits per heavy atom. The lowest BCUT2D eigenvalue weighted by Gasteiger charge is -2.06. The van der Waals surface area contributed by atoms with Gasteiger partial charge in [-0.15, -0.1) is 0 Å². The number of amides is 1. The summed E-state index contributed by atoms with van der Waals surface area (Å²) < 4.78 is 0. The van der Waals surface area contributed by atoms with Crippen LogP contribution >= 0.6 is 0 Å². The zero-order valence-electron chi connectivity index (χ0n) is 13.8. The minimum atomic E-state index is -0.434. The zero-order valence-corrected chi connectivity index (χ0v) is 13.8. The molecule has 0 aliphatic carbocycles. The van der Waals surface area contributed by atoms with Gasteiger partial charge in [-0.2, -0.15) is 5.26 Å². The third-order valence-corrected chi connectivity index (χ3v) is 3.55. The molecular weight excluding hydrogens is 298 g/mol. The number of nitrogens with zero attached hydrogens (tertiary/aromatic N) is 1. The van der Waals surface area contributed by atoms with E-state index in [1.54, 1.807) is 12.1 Å². The Hall–Kier alpha value is -3.06. The fourth-order valence-corrected chi connectivity index (χ4v) is 2.17. The van der Waals surface area contributed by atoms with Crippen LogP contribution in [0.1, 0.15) is 25.3 Å². The van der Waals surface area contributed by atoms with Crippen LogP contribution in [0.25, 0.3) is 0 Å². The van der Waals surface area contributed by atoms with Crippen LogP contribution in [0.4, 0.5) is 11.4 Å². The highest BCUT2D eigenvalue weighted by Gasteiger charge is 2.08. The quantitative estimate of drug-likeness (QED) is 0.584. The summed E-state index contributed by atoms with van der Waals surface area (Å²) in [6.07, 6.45) is 4.84. The Labute approximate surface area is 142 Å². The van der Waals surface area contributed by atoms with Crippen LogP contribution in [-0.4, -0.2) is 5.91 Å². The Kier molecular flexibility index (Phi) is 6.60. The molecule has 2 rings (SSSR count). The van der Waals surface area contributed by atoms with Gasteiger partial charge < -0.3 is 10.6 Å². The van der Waals surface area contributed by atoms with E-state index in [2.05, 4.69) is 29.7 Å². The minimum absolute atomic E-state index is 0.0221. The van der Waals surface area contributed by atoms with Crippen molar-refractivity contribution >= 4 is 17.3 Å². The molecule has 1 amide bonds. The maximum atomic E-state index is 12.1. The fraction of sp³-hybridized carbons (Fsp3) is 0.200. The van der Waals surface area contributed by atoms with Crippen molar-refractivity contribution in [3.05, 3.63) is 71.9 Å². The van der Waals surface area contributed by atoms with Gasteiger partial charge in [0.1, 0.15) is 11.6 Å². The number of hydrogen-bond acceptors (Lipinski definition) is 3. The van der Waals surface area contributed by atoms with Gasteiger partial charge in [-0.3, -0.25) is 4.79 Å². The molecule has 0 aliphatic rings. The maximum absolute atomic E-state index is 12.1. The van der Waals surface area contributed by atoms with Gasteiger partial charge in [0.15, 0.2) is 0 Å². The number of carbonyl (C=O) groups excluding carboxylic acids is 1. The highest BCUT2D eigenvalue weighted by molar-refractivity contribution is 6.06. The Balaban J connectivity index is 1.97. The van der Waals surface area contributed by atoms with E-state index in [1.165, 1.54) is 24.6 Å². The summed E-state index contributed by atoms with van der Waals surface area (Å²) in [6.45, 7) is 2.17. The first kappa shape index (κ1) is 17.3. The first-order valence-corrected chi connectivity index (χ1v) is 8.05. The maximum Gasteiger partial charge on any atom is 0.267 e. The largest absolute Gasteiger partial charge is 0.360 e. The molecule has 2 aromatic rings. The van der Waals surface area contributed by atoms with Crippen molar-refractivity contribution in [2.75, 3.05) is 10.6 Å². The number of aryl methyl sites for hydroxylation is 1. The highest BCUT2D eigenvalue weighted by Crippen LogP contribution is 2.13. The van der Waals surface area contributed by atoms with Crippen molar-refractivity contribution in [3.8, 4) is 6.07 Å². The van der Waals surface area contributed by atoms with Crippen LogP contribution in [0.3, 0.4) is 0 Å². The summed E-state index contributed by atoms with van der Waals surface area (Å²) in [5.74, 6) is -0.434. The highest BCUT2D eigenvalue weighted by atomic mass is 16.1. The minimum Gasteiger partial charge on any atom is -0.360 e. The van der Waals surface area contributed by atoms with Gasteiger partial charge in [-0.1, -0.05) is 43.7 Å². The van der Waals surface area contributed by atoms with E-state index in [0.29, 0.717) is 5.69 Å².